The van der Waals surface area contributed by atoms with Gasteiger partial charge in [-0.3, -0.25) is 4.79 Å². The monoisotopic (exact) mass is 293 g/mol. The van der Waals surface area contributed by atoms with Crippen LogP contribution in [0.5, 0.6) is 5.75 Å². The zero-order chi connectivity index (χ0) is 14.6. The van der Waals surface area contributed by atoms with Crippen LogP contribution in [0.3, 0.4) is 0 Å². The van der Waals surface area contributed by atoms with Crippen molar-refractivity contribution in [3.63, 3.8) is 0 Å². The van der Waals surface area contributed by atoms with E-state index in [0.717, 1.165) is 12.1 Å². The minimum atomic E-state index is -4.91. The molecule has 0 saturated heterocycles. The van der Waals surface area contributed by atoms with E-state index < -0.39 is 30.4 Å². The Kier molecular flexibility index (Phi) is 4.62. The molecule has 1 aromatic rings. The highest BCUT2D eigenvalue weighted by Gasteiger charge is 2.32. The highest BCUT2D eigenvalue weighted by molar-refractivity contribution is 6.17. The predicted molar refractivity (Wildman–Crippen MR) is 58.7 cm³/mol. The van der Waals surface area contributed by atoms with Gasteiger partial charge in [-0.05, 0) is 11.6 Å². The van der Waals surface area contributed by atoms with Crippen LogP contribution in [0.15, 0.2) is 12.1 Å². The lowest BCUT2D eigenvalue weighted by Gasteiger charge is -2.14. The molecular formula is C11H7ClF3NO3. The Balaban J connectivity index is 3.31. The van der Waals surface area contributed by atoms with Crippen molar-refractivity contribution in [3.05, 3.63) is 28.8 Å². The van der Waals surface area contributed by atoms with E-state index in [1.54, 1.807) is 6.07 Å². The van der Waals surface area contributed by atoms with Crippen LogP contribution in [-0.2, 0) is 17.1 Å². The molecule has 0 atom stereocenters. The van der Waals surface area contributed by atoms with Crippen LogP contribution in [0.1, 0.15) is 16.7 Å². The van der Waals surface area contributed by atoms with Crippen molar-refractivity contribution in [1.82, 2.24) is 0 Å². The molecule has 1 N–H and O–H groups in total. The number of carbonyl (C=O) groups is 1. The van der Waals surface area contributed by atoms with Crippen molar-refractivity contribution in [3.8, 4) is 11.8 Å². The average Bonchev–Trinajstić information content (AvgIpc) is 2.27. The van der Waals surface area contributed by atoms with E-state index in [0.29, 0.717) is 0 Å². The molecule has 0 unspecified atom stereocenters. The molecule has 1 rings (SSSR count). The van der Waals surface area contributed by atoms with Crippen molar-refractivity contribution in [2.45, 2.75) is 18.7 Å². The summed E-state index contributed by atoms with van der Waals surface area (Å²) >= 11 is 5.51. The number of ether oxygens (including phenoxy) is 1. The molecule has 0 aliphatic rings. The molecular weight excluding hydrogens is 287 g/mol. The molecule has 0 aliphatic carbocycles. The fourth-order valence-corrected chi connectivity index (χ4v) is 1.75. The second-order valence-electron chi connectivity index (χ2n) is 3.44. The summed E-state index contributed by atoms with van der Waals surface area (Å²) in [6.07, 6.45) is -5.40. The van der Waals surface area contributed by atoms with Crippen molar-refractivity contribution in [2.75, 3.05) is 0 Å². The number of aliphatic carboxylic acids is 1. The van der Waals surface area contributed by atoms with Crippen molar-refractivity contribution in [1.29, 1.82) is 5.26 Å². The molecule has 8 heteroatoms. The van der Waals surface area contributed by atoms with Crippen molar-refractivity contribution >= 4 is 17.6 Å². The Morgan fingerprint density at radius 2 is 2.11 bits per heavy atom. The van der Waals surface area contributed by atoms with Crippen LogP contribution in [-0.4, -0.2) is 17.4 Å². The molecule has 0 amide bonds. The van der Waals surface area contributed by atoms with Gasteiger partial charge in [0.2, 0.25) is 0 Å². The van der Waals surface area contributed by atoms with Gasteiger partial charge in [0, 0.05) is 5.56 Å². The minimum Gasteiger partial charge on any atom is -0.481 e. The molecule has 19 heavy (non-hydrogen) atoms. The highest BCUT2D eigenvalue weighted by atomic mass is 35.5. The summed E-state index contributed by atoms with van der Waals surface area (Å²) in [4.78, 5) is 10.6. The van der Waals surface area contributed by atoms with Gasteiger partial charge in [0.25, 0.3) is 0 Å². The Bertz CT molecular complexity index is 537. The second-order valence-corrected chi connectivity index (χ2v) is 3.71. The van der Waals surface area contributed by atoms with Crippen LogP contribution < -0.4 is 4.74 Å². The van der Waals surface area contributed by atoms with Gasteiger partial charge in [-0.15, -0.1) is 24.8 Å². The first-order valence-electron chi connectivity index (χ1n) is 4.87. The van der Waals surface area contributed by atoms with Crippen LogP contribution >= 0.6 is 11.6 Å². The lowest BCUT2D eigenvalue weighted by atomic mass is 9.99. The number of hydrogen-bond donors (Lipinski definition) is 1. The Morgan fingerprint density at radius 3 is 2.53 bits per heavy atom. The smallest absolute Gasteiger partial charge is 0.481 e. The first-order chi connectivity index (χ1) is 8.78. The Labute approximate surface area is 111 Å². The maximum absolute atomic E-state index is 12.2. The van der Waals surface area contributed by atoms with Gasteiger partial charge < -0.3 is 9.84 Å². The fourth-order valence-electron chi connectivity index (χ4n) is 1.48. The number of hydrogen-bond acceptors (Lipinski definition) is 3. The third-order valence-corrected chi connectivity index (χ3v) is 2.44. The standard InChI is InChI=1S/C11H7ClF3NO3/c12-4-7-8(5-16)6(3-10(17)18)1-2-9(7)19-11(13,14)15/h1-2H,3-4H2,(H,17,18). The Morgan fingerprint density at radius 1 is 1.47 bits per heavy atom. The maximum Gasteiger partial charge on any atom is 0.573 e. The zero-order valence-electron chi connectivity index (χ0n) is 9.29. The van der Waals surface area contributed by atoms with E-state index in [2.05, 4.69) is 4.74 Å². The summed E-state index contributed by atoms with van der Waals surface area (Å²) in [5, 5.41) is 17.6. The van der Waals surface area contributed by atoms with Gasteiger partial charge in [0.15, 0.2) is 0 Å². The van der Waals surface area contributed by atoms with Gasteiger partial charge >= 0.3 is 12.3 Å². The summed E-state index contributed by atoms with van der Waals surface area (Å²) in [6.45, 7) is 0. The largest absolute Gasteiger partial charge is 0.573 e. The fraction of sp³-hybridized carbons (Fsp3) is 0.273. The summed E-state index contributed by atoms with van der Waals surface area (Å²) in [7, 11) is 0. The van der Waals surface area contributed by atoms with Crippen LogP contribution in [0.25, 0.3) is 0 Å². The number of halogens is 4. The van der Waals surface area contributed by atoms with Crippen LogP contribution in [0.4, 0.5) is 13.2 Å². The number of carboxylic acids is 1. The summed E-state index contributed by atoms with van der Waals surface area (Å²) in [6, 6.07) is 3.70. The minimum absolute atomic E-state index is 0.0835. The van der Waals surface area contributed by atoms with E-state index in [4.69, 9.17) is 22.0 Å². The molecule has 0 saturated carbocycles. The molecule has 102 valence electrons. The molecule has 0 aliphatic heterocycles. The number of nitriles is 1. The van der Waals surface area contributed by atoms with Crippen molar-refractivity contribution in [2.24, 2.45) is 0 Å². The van der Waals surface area contributed by atoms with Crippen molar-refractivity contribution < 1.29 is 27.8 Å². The van der Waals surface area contributed by atoms with E-state index in [9.17, 15) is 18.0 Å². The summed E-state index contributed by atoms with van der Waals surface area (Å²) in [5.41, 5.74) is -0.306. The lowest BCUT2D eigenvalue weighted by molar-refractivity contribution is -0.274. The van der Waals surface area contributed by atoms with Crippen LogP contribution in [0.2, 0.25) is 0 Å². The first-order valence-corrected chi connectivity index (χ1v) is 5.40. The summed E-state index contributed by atoms with van der Waals surface area (Å²) in [5.74, 6) is -2.21. The van der Waals surface area contributed by atoms with E-state index in [1.165, 1.54) is 0 Å². The molecule has 0 radical (unpaired) electrons. The van der Waals surface area contributed by atoms with Gasteiger partial charge in [0.05, 0.1) is 23.9 Å². The normalized spacial score (nSPS) is 10.9. The van der Waals surface area contributed by atoms with Gasteiger partial charge in [-0.25, -0.2) is 0 Å². The van der Waals surface area contributed by atoms with E-state index in [1.807, 2.05) is 0 Å². The zero-order valence-corrected chi connectivity index (χ0v) is 10.0. The molecule has 1 aromatic carbocycles. The molecule has 0 heterocycles. The molecule has 0 spiro atoms. The van der Waals surface area contributed by atoms with Gasteiger partial charge in [0.1, 0.15) is 5.75 Å². The number of carboxylic acid groups (broad SMARTS) is 1. The molecule has 0 aromatic heterocycles. The number of benzene rings is 1. The maximum atomic E-state index is 12.2. The topological polar surface area (TPSA) is 70.3 Å². The van der Waals surface area contributed by atoms with Crippen LogP contribution in [0, 0.1) is 11.3 Å². The number of alkyl halides is 4. The molecule has 0 bridgehead atoms. The highest BCUT2D eigenvalue weighted by Crippen LogP contribution is 2.31. The number of nitrogens with zero attached hydrogens (tertiary/aromatic N) is 1. The first kappa shape index (κ1) is 15.1. The number of rotatable bonds is 4. The Hall–Kier alpha value is -1.94. The average molecular weight is 294 g/mol. The lowest BCUT2D eigenvalue weighted by Crippen LogP contribution is -2.18. The SMILES string of the molecule is N#Cc1c(CC(=O)O)ccc(OC(F)(F)F)c1CCl. The third kappa shape index (κ3) is 4.03. The molecule has 4 nitrogen and oxygen atoms in total. The predicted octanol–water partition coefficient (Wildman–Crippen LogP) is 2.82. The third-order valence-electron chi connectivity index (χ3n) is 2.17. The second kappa shape index (κ2) is 5.80. The summed E-state index contributed by atoms with van der Waals surface area (Å²) < 4.78 is 40.2. The van der Waals surface area contributed by atoms with Gasteiger partial charge in [-0.2, -0.15) is 5.26 Å². The molecule has 0 fully saturated rings. The quantitative estimate of drug-likeness (QED) is 0.867. The van der Waals surface area contributed by atoms with E-state index >= 15 is 0 Å². The van der Waals surface area contributed by atoms with Gasteiger partial charge in [-0.1, -0.05) is 6.07 Å². The van der Waals surface area contributed by atoms with E-state index in [-0.39, 0.29) is 16.7 Å².